The van der Waals surface area contributed by atoms with Crippen molar-refractivity contribution in [2.24, 2.45) is 5.41 Å². The van der Waals surface area contributed by atoms with Crippen molar-refractivity contribution in [1.82, 2.24) is 35.5 Å². The zero-order chi connectivity index (χ0) is 52.4. The van der Waals surface area contributed by atoms with Crippen LogP contribution in [0.4, 0.5) is 11.4 Å². The molecule has 0 spiro atoms. The topological polar surface area (TPSA) is 262 Å². The van der Waals surface area contributed by atoms with E-state index in [1.54, 1.807) is 82.3 Å². The summed E-state index contributed by atoms with van der Waals surface area (Å²) in [6.07, 6.45) is 4.06. The number of β-amino-alcohol motifs (C(OH)–C–C–N with tert-alkyl or cyclic N) is 1. The zero-order valence-corrected chi connectivity index (χ0v) is 41.8. The van der Waals surface area contributed by atoms with Crippen LogP contribution in [0, 0.1) is 23.7 Å². The predicted molar refractivity (Wildman–Crippen MR) is 275 cm³/mol. The van der Waals surface area contributed by atoms with Gasteiger partial charge in [-0.05, 0) is 110 Å². The lowest BCUT2D eigenvalue weighted by Crippen LogP contribution is -2.57. The van der Waals surface area contributed by atoms with Crippen LogP contribution < -0.4 is 21.3 Å². The van der Waals surface area contributed by atoms with Crippen molar-refractivity contribution in [2.45, 2.75) is 91.0 Å². The molecule has 1 fully saturated rings. The van der Waals surface area contributed by atoms with E-state index in [1.165, 1.54) is 29.2 Å². The first kappa shape index (κ1) is 52.5. The van der Waals surface area contributed by atoms with Crippen LogP contribution in [0.3, 0.4) is 0 Å². The van der Waals surface area contributed by atoms with E-state index in [4.69, 9.17) is 0 Å². The maximum Gasteiger partial charge on any atom is 0.337 e. The van der Waals surface area contributed by atoms with Gasteiger partial charge in [-0.1, -0.05) is 74.5 Å². The van der Waals surface area contributed by atoms with E-state index < -0.39 is 47.3 Å². The van der Waals surface area contributed by atoms with E-state index in [1.807, 2.05) is 65.0 Å². The molecule has 18 nitrogen and oxygen atoms in total. The van der Waals surface area contributed by atoms with Gasteiger partial charge in [0.15, 0.2) is 0 Å². The number of nitrogens with zero attached hydrogens (tertiary/aromatic N) is 6. The van der Waals surface area contributed by atoms with Crippen molar-refractivity contribution in [3.8, 4) is 22.2 Å². The van der Waals surface area contributed by atoms with Gasteiger partial charge in [0.1, 0.15) is 23.7 Å². The number of carbonyl (C=O) groups excluding carboxylic acids is 5. The number of unbranched alkanes of at least 4 members (excludes halogenated alkanes) is 1. The summed E-state index contributed by atoms with van der Waals surface area (Å²) in [4.78, 5) is 85.6. The van der Waals surface area contributed by atoms with Crippen molar-refractivity contribution >= 4 is 64.3 Å². The molecule has 19 heteroatoms. The molecule has 4 aromatic carbocycles. The Morgan fingerprint density at radius 2 is 1.67 bits per heavy atom. The fourth-order valence-electron chi connectivity index (χ4n) is 8.34. The molecule has 1 aliphatic heterocycles. The lowest BCUT2D eigenvalue weighted by Gasteiger charge is -2.35. The quantitative estimate of drug-likeness (QED) is 0.0282. The highest BCUT2D eigenvalue weighted by Crippen LogP contribution is 2.30. The Morgan fingerprint density at radius 1 is 0.932 bits per heavy atom. The van der Waals surface area contributed by atoms with E-state index in [9.17, 15) is 44.2 Å². The van der Waals surface area contributed by atoms with Crippen LogP contribution in [-0.4, -0.2) is 95.3 Å². The van der Waals surface area contributed by atoms with Crippen molar-refractivity contribution < 1.29 is 39.0 Å². The summed E-state index contributed by atoms with van der Waals surface area (Å²) in [5.74, 6) is -3.56. The molecule has 376 valence electrons. The Morgan fingerprint density at radius 3 is 2.36 bits per heavy atom. The van der Waals surface area contributed by atoms with E-state index in [0.29, 0.717) is 47.5 Å². The van der Waals surface area contributed by atoms with Gasteiger partial charge in [0.2, 0.25) is 17.7 Å². The Hall–Kier alpha value is -8.34. The Kier molecular flexibility index (Phi) is 16.7. The number of carboxylic acid groups (broad SMARTS) is 1. The van der Waals surface area contributed by atoms with Gasteiger partial charge in [0, 0.05) is 30.6 Å². The van der Waals surface area contributed by atoms with Crippen molar-refractivity contribution in [3.63, 3.8) is 0 Å². The minimum absolute atomic E-state index is 0.0278. The average Bonchev–Trinajstić information content (AvgIpc) is 4.13. The molecule has 73 heavy (non-hydrogen) atoms. The monoisotopic (exact) mass is 1000 g/mol. The molecular formula is C54H56N10O8S. The molecule has 0 bridgehead atoms. The summed E-state index contributed by atoms with van der Waals surface area (Å²) in [7, 11) is 0. The number of anilines is 2. The van der Waals surface area contributed by atoms with Crippen molar-refractivity contribution in [3.05, 3.63) is 148 Å². The van der Waals surface area contributed by atoms with Crippen molar-refractivity contribution in [1.29, 1.82) is 5.26 Å². The molecule has 4 atom stereocenters. The number of hydrogen-bond acceptors (Lipinski definition) is 12. The number of carboxylic acids is 1. The number of aliphatic hydroxyl groups excluding tert-OH is 1. The van der Waals surface area contributed by atoms with E-state index in [2.05, 4.69) is 36.6 Å². The molecule has 7 rings (SSSR count). The number of nitriles is 1. The lowest BCUT2D eigenvalue weighted by molar-refractivity contribution is -0.144. The minimum atomic E-state index is -1.23. The molecule has 0 aliphatic carbocycles. The lowest BCUT2D eigenvalue weighted by atomic mass is 9.85. The third kappa shape index (κ3) is 13.3. The first-order valence-corrected chi connectivity index (χ1v) is 24.5. The Balaban J connectivity index is 0.874. The van der Waals surface area contributed by atoms with Gasteiger partial charge in [0.25, 0.3) is 11.8 Å². The molecular weight excluding hydrogens is 949 g/mol. The summed E-state index contributed by atoms with van der Waals surface area (Å²) in [5.41, 5.74) is 6.17. The van der Waals surface area contributed by atoms with Crippen LogP contribution in [0.15, 0.2) is 114 Å². The number of aromatic carboxylic acids is 1. The molecule has 1 saturated heterocycles. The minimum Gasteiger partial charge on any atom is -0.478 e. The first-order chi connectivity index (χ1) is 34.9. The number of aromatic nitrogens is 4. The van der Waals surface area contributed by atoms with Crippen LogP contribution in [0.2, 0.25) is 0 Å². The number of aliphatic hydroxyl groups is 1. The number of thiazole rings is 1. The maximum absolute atomic E-state index is 14.2. The van der Waals surface area contributed by atoms with Crippen molar-refractivity contribution in [2.75, 3.05) is 17.2 Å². The van der Waals surface area contributed by atoms with Gasteiger partial charge < -0.3 is 36.4 Å². The zero-order valence-electron chi connectivity index (χ0n) is 41.0. The van der Waals surface area contributed by atoms with Crippen LogP contribution >= 0.6 is 11.3 Å². The number of hydrogen-bond donors (Lipinski definition) is 6. The Labute approximate surface area is 426 Å². The second-order valence-electron chi connectivity index (χ2n) is 18.8. The molecule has 1 aliphatic rings. The fraction of sp³-hybridized carbons (Fsp3) is 0.296. The fourth-order valence-corrected chi connectivity index (χ4v) is 9.15. The second-order valence-corrected chi connectivity index (χ2v) is 19.7. The van der Waals surface area contributed by atoms with Gasteiger partial charge in [-0.25, -0.2) is 14.5 Å². The summed E-state index contributed by atoms with van der Waals surface area (Å²) >= 11 is 1.56. The number of rotatable bonds is 18. The van der Waals surface area contributed by atoms with Crippen LogP contribution in [-0.2, 0) is 25.6 Å². The first-order valence-electron chi connectivity index (χ1n) is 23.7. The van der Waals surface area contributed by atoms with Gasteiger partial charge in [0.05, 0.1) is 57.1 Å². The summed E-state index contributed by atoms with van der Waals surface area (Å²) in [5, 5.41) is 49.6. The molecule has 6 aromatic rings. The number of carbonyl (C=O) groups is 6. The molecule has 5 amide bonds. The SMILES string of the molecule is Cc1ncsc1-c1ccc([C@H](C)NC(=O)[C@@H]2C[C@@H](O)CN2C(=O)[C@@H](NC(=O)CCCCc2cn(-c3ccc(C(=O)Nc4cccc(/C=C(\C#N)C(=O)Nc5ccccc5C(=O)O)c4)cc3)nn2)C(C)(C)C)cc1. The molecule has 0 saturated carbocycles. The summed E-state index contributed by atoms with van der Waals surface area (Å²) < 4.78 is 1.58. The standard InChI is InChI=1S/C54H56N10O8S/c1-32(35-17-19-36(20-18-35)47-33(2)56-31-73-47)57-51(69)45-27-42(65)30-63(45)52(70)48(54(3,4)5)60-46(66)16-9-6-12-40-29-64(62-61-40)41-23-21-37(22-24-41)49(67)58-39-13-10-11-34(26-39)25-38(28-55)50(68)59-44-15-8-7-14-43(44)53(71)72/h7-8,10-11,13-15,17-26,29,31-32,42,45,48,65H,6,9,12,16,27,30H2,1-5H3,(H,57,69)(H,58,67)(H,59,68)(H,60,66)(H,71,72)/b38-25+/t32-,42+,45-,48+/m0/s1. The highest BCUT2D eigenvalue weighted by atomic mass is 32.1. The number of aryl methyl sites for hydroxylation is 2. The largest absolute Gasteiger partial charge is 0.478 e. The van der Waals surface area contributed by atoms with Crippen LogP contribution in [0.25, 0.3) is 22.2 Å². The number of para-hydroxylation sites is 1. The molecule has 2 aromatic heterocycles. The second kappa shape index (κ2) is 23.3. The van der Waals surface area contributed by atoms with Crippen LogP contribution in [0.5, 0.6) is 0 Å². The summed E-state index contributed by atoms with van der Waals surface area (Å²) in [6.45, 7) is 9.34. The van der Waals surface area contributed by atoms with E-state index in [-0.39, 0.29) is 54.1 Å². The smallest absolute Gasteiger partial charge is 0.337 e. The van der Waals surface area contributed by atoms with E-state index >= 15 is 0 Å². The average molecular weight is 1010 g/mol. The Bertz CT molecular complexity index is 3080. The highest BCUT2D eigenvalue weighted by molar-refractivity contribution is 7.13. The molecule has 3 heterocycles. The number of nitrogens with one attached hydrogen (secondary N) is 4. The molecule has 6 N–H and O–H groups in total. The number of benzene rings is 4. The third-order valence-corrected chi connectivity index (χ3v) is 13.3. The maximum atomic E-state index is 14.2. The molecule has 0 unspecified atom stereocenters. The number of likely N-dealkylation sites (tertiary alicyclic amines) is 1. The van der Waals surface area contributed by atoms with Gasteiger partial charge in [-0.2, -0.15) is 5.26 Å². The van der Waals surface area contributed by atoms with Gasteiger partial charge >= 0.3 is 5.97 Å². The van der Waals surface area contributed by atoms with E-state index in [0.717, 1.165) is 21.7 Å². The normalized spacial score (nSPS) is 15.4. The summed E-state index contributed by atoms with van der Waals surface area (Å²) in [6, 6.07) is 26.6. The van der Waals surface area contributed by atoms with Gasteiger partial charge in [-0.3, -0.25) is 24.0 Å². The molecule has 0 radical (unpaired) electrons. The number of amides is 5. The predicted octanol–water partition coefficient (Wildman–Crippen LogP) is 7.28. The van der Waals surface area contributed by atoms with Gasteiger partial charge in [-0.15, -0.1) is 16.4 Å². The third-order valence-electron chi connectivity index (χ3n) is 12.3. The van der Waals surface area contributed by atoms with Crippen LogP contribution in [0.1, 0.15) is 103 Å². The highest BCUT2D eigenvalue weighted by Gasteiger charge is 2.44.